The van der Waals surface area contributed by atoms with Crippen molar-refractivity contribution >= 4 is 15.8 Å². The first-order chi connectivity index (χ1) is 11.9. The molecule has 0 saturated heterocycles. The number of aryl methyl sites for hydroxylation is 1. The summed E-state index contributed by atoms with van der Waals surface area (Å²) in [5.41, 5.74) is 2.07. The number of aliphatic imine (C=N–C) groups is 1. The van der Waals surface area contributed by atoms with Gasteiger partial charge in [-0.15, -0.1) is 0 Å². The molecule has 1 rings (SSSR count). The minimum Gasteiger partial charge on any atom is -0.491 e. The highest BCUT2D eigenvalue weighted by molar-refractivity contribution is 7.90. The molecule has 0 aliphatic rings. The van der Waals surface area contributed by atoms with E-state index in [1.807, 2.05) is 32.0 Å². The summed E-state index contributed by atoms with van der Waals surface area (Å²) in [7, 11) is -1.37. The molecule has 0 aliphatic heterocycles. The average Bonchev–Trinajstić information content (AvgIpc) is 2.53. The molecule has 0 fully saturated rings. The van der Waals surface area contributed by atoms with E-state index in [4.69, 9.17) is 9.47 Å². The van der Waals surface area contributed by atoms with Crippen LogP contribution in [0.5, 0.6) is 5.75 Å². The van der Waals surface area contributed by atoms with E-state index in [0.717, 1.165) is 16.9 Å². The van der Waals surface area contributed by atoms with E-state index in [1.54, 1.807) is 7.11 Å². The maximum absolute atomic E-state index is 11.2. The molecule has 25 heavy (non-hydrogen) atoms. The Kier molecular flexibility index (Phi) is 9.30. The van der Waals surface area contributed by atoms with Crippen LogP contribution in [0.25, 0.3) is 0 Å². The van der Waals surface area contributed by atoms with Gasteiger partial charge in [0.25, 0.3) is 0 Å². The maximum Gasteiger partial charge on any atom is 0.191 e. The topological polar surface area (TPSA) is 89.0 Å². The van der Waals surface area contributed by atoms with Crippen molar-refractivity contribution in [1.29, 1.82) is 0 Å². The van der Waals surface area contributed by atoms with Crippen LogP contribution >= 0.6 is 0 Å². The normalized spacial score (nSPS) is 12.1. The monoisotopic (exact) mass is 371 g/mol. The van der Waals surface area contributed by atoms with Crippen molar-refractivity contribution in [3.63, 3.8) is 0 Å². The van der Waals surface area contributed by atoms with Crippen molar-refractivity contribution < 1.29 is 17.9 Å². The number of ether oxygens (including phenoxy) is 2. The lowest BCUT2D eigenvalue weighted by Gasteiger charge is -2.13. The highest BCUT2D eigenvalue weighted by Gasteiger charge is 2.06. The molecule has 0 radical (unpaired) electrons. The van der Waals surface area contributed by atoms with Gasteiger partial charge in [-0.1, -0.05) is 12.1 Å². The highest BCUT2D eigenvalue weighted by atomic mass is 32.2. The fourth-order valence-electron chi connectivity index (χ4n) is 2.02. The Labute approximate surface area is 150 Å². The predicted molar refractivity (Wildman–Crippen MR) is 101 cm³/mol. The SMILES string of the molecule is CCNC(=NCc1ccc(C)cc1OCCOC)NCCS(C)(=O)=O. The van der Waals surface area contributed by atoms with Crippen molar-refractivity contribution in [1.82, 2.24) is 10.6 Å². The number of hydrogen-bond acceptors (Lipinski definition) is 5. The summed E-state index contributed by atoms with van der Waals surface area (Å²) in [5.74, 6) is 1.43. The number of benzene rings is 1. The summed E-state index contributed by atoms with van der Waals surface area (Å²) in [6, 6.07) is 5.98. The smallest absolute Gasteiger partial charge is 0.191 e. The summed E-state index contributed by atoms with van der Waals surface area (Å²) in [4.78, 5) is 4.51. The van der Waals surface area contributed by atoms with Gasteiger partial charge in [0, 0.05) is 32.0 Å². The summed E-state index contributed by atoms with van der Waals surface area (Å²) in [6.07, 6.45) is 1.22. The Bertz CT molecular complexity index is 660. The van der Waals surface area contributed by atoms with Gasteiger partial charge in [0.05, 0.1) is 18.9 Å². The number of hydrogen-bond donors (Lipinski definition) is 2. The van der Waals surface area contributed by atoms with Gasteiger partial charge in [-0.25, -0.2) is 13.4 Å². The Hall–Kier alpha value is -1.80. The summed E-state index contributed by atoms with van der Waals surface area (Å²) in [6.45, 7) is 6.39. The zero-order valence-electron chi connectivity index (χ0n) is 15.5. The van der Waals surface area contributed by atoms with Gasteiger partial charge in [0.1, 0.15) is 22.2 Å². The minimum absolute atomic E-state index is 0.0628. The van der Waals surface area contributed by atoms with Gasteiger partial charge < -0.3 is 20.1 Å². The van der Waals surface area contributed by atoms with E-state index in [-0.39, 0.29) is 5.75 Å². The van der Waals surface area contributed by atoms with Crippen LogP contribution in [0.1, 0.15) is 18.1 Å². The fourth-order valence-corrected chi connectivity index (χ4v) is 2.50. The van der Waals surface area contributed by atoms with Crippen LogP contribution in [0.15, 0.2) is 23.2 Å². The first kappa shape index (κ1) is 21.2. The molecule has 0 amide bonds. The van der Waals surface area contributed by atoms with Gasteiger partial charge >= 0.3 is 0 Å². The predicted octanol–water partition coefficient (Wildman–Crippen LogP) is 1.12. The molecule has 0 aromatic heterocycles. The third-order valence-electron chi connectivity index (χ3n) is 3.28. The second-order valence-electron chi connectivity index (χ2n) is 5.70. The molecule has 0 saturated carbocycles. The molecule has 7 nitrogen and oxygen atoms in total. The van der Waals surface area contributed by atoms with Crippen molar-refractivity contribution in [2.24, 2.45) is 4.99 Å². The molecule has 0 aliphatic carbocycles. The van der Waals surface area contributed by atoms with Crippen molar-refractivity contribution in [2.45, 2.75) is 20.4 Å². The lowest BCUT2D eigenvalue weighted by molar-refractivity contribution is 0.146. The van der Waals surface area contributed by atoms with E-state index in [2.05, 4.69) is 15.6 Å². The van der Waals surface area contributed by atoms with Gasteiger partial charge in [-0.2, -0.15) is 0 Å². The van der Waals surface area contributed by atoms with E-state index >= 15 is 0 Å². The largest absolute Gasteiger partial charge is 0.491 e. The molecule has 0 spiro atoms. The molecular formula is C17H29N3O4S. The molecule has 2 N–H and O–H groups in total. The van der Waals surface area contributed by atoms with Crippen LogP contribution in [0.3, 0.4) is 0 Å². The standard InChI is InChI=1S/C17H29N3O4S/c1-5-18-17(19-8-11-25(4,21)22)20-13-15-7-6-14(2)12-16(15)24-10-9-23-3/h6-7,12H,5,8-11,13H2,1-4H3,(H2,18,19,20). The van der Waals surface area contributed by atoms with Crippen molar-refractivity contribution in [3.8, 4) is 5.75 Å². The van der Waals surface area contributed by atoms with Crippen molar-refractivity contribution in [2.75, 3.05) is 45.4 Å². The summed E-state index contributed by atoms with van der Waals surface area (Å²) >= 11 is 0. The second kappa shape index (κ2) is 10.9. The minimum atomic E-state index is -3.00. The maximum atomic E-state index is 11.2. The number of methoxy groups -OCH3 is 1. The molecular weight excluding hydrogens is 342 g/mol. The van der Waals surface area contributed by atoms with E-state index in [9.17, 15) is 8.42 Å². The van der Waals surface area contributed by atoms with Gasteiger partial charge in [0.15, 0.2) is 5.96 Å². The van der Waals surface area contributed by atoms with Crippen LogP contribution in [-0.2, 0) is 21.1 Å². The van der Waals surface area contributed by atoms with Gasteiger partial charge in [0.2, 0.25) is 0 Å². The molecule has 0 atom stereocenters. The van der Waals surface area contributed by atoms with Crippen LogP contribution in [0, 0.1) is 6.92 Å². The number of nitrogens with one attached hydrogen (secondary N) is 2. The third kappa shape index (κ3) is 9.31. The summed E-state index contributed by atoms with van der Waals surface area (Å²) < 4.78 is 33.2. The summed E-state index contributed by atoms with van der Waals surface area (Å²) in [5, 5.41) is 6.14. The molecule has 142 valence electrons. The molecule has 0 bridgehead atoms. The lowest BCUT2D eigenvalue weighted by Crippen LogP contribution is -2.39. The first-order valence-electron chi connectivity index (χ1n) is 8.27. The Morgan fingerprint density at radius 3 is 2.64 bits per heavy atom. The van der Waals surface area contributed by atoms with Crippen LogP contribution in [-0.4, -0.2) is 59.8 Å². The highest BCUT2D eigenvalue weighted by Crippen LogP contribution is 2.21. The zero-order valence-corrected chi connectivity index (χ0v) is 16.3. The molecule has 1 aromatic carbocycles. The van der Waals surface area contributed by atoms with Gasteiger partial charge in [-0.05, 0) is 25.5 Å². The third-order valence-corrected chi connectivity index (χ3v) is 4.23. The number of guanidine groups is 1. The molecule has 0 heterocycles. The van der Waals surface area contributed by atoms with Crippen LogP contribution in [0.4, 0.5) is 0 Å². The second-order valence-corrected chi connectivity index (χ2v) is 7.96. The van der Waals surface area contributed by atoms with Crippen molar-refractivity contribution in [3.05, 3.63) is 29.3 Å². The first-order valence-corrected chi connectivity index (χ1v) is 10.3. The fraction of sp³-hybridized carbons (Fsp3) is 0.588. The Morgan fingerprint density at radius 2 is 2.00 bits per heavy atom. The number of rotatable bonds is 10. The van der Waals surface area contributed by atoms with E-state index < -0.39 is 9.84 Å². The lowest BCUT2D eigenvalue weighted by atomic mass is 10.1. The van der Waals surface area contributed by atoms with E-state index in [0.29, 0.717) is 38.8 Å². The quantitative estimate of drug-likeness (QED) is 0.364. The Balaban J connectivity index is 2.76. The van der Waals surface area contributed by atoms with Gasteiger partial charge in [-0.3, -0.25) is 0 Å². The van der Waals surface area contributed by atoms with Crippen LogP contribution in [0.2, 0.25) is 0 Å². The van der Waals surface area contributed by atoms with Crippen LogP contribution < -0.4 is 15.4 Å². The molecule has 8 heteroatoms. The zero-order chi connectivity index (χ0) is 18.7. The average molecular weight is 372 g/mol. The van der Waals surface area contributed by atoms with E-state index in [1.165, 1.54) is 6.26 Å². The number of nitrogens with zero attached hydrogens (tertiary/aromatic N) is 1. The molecule has 0 unspecified atom stereocenters. The Morgan fingerprint density at radius 1 is 1.24 bits per heavy atom. The number of sulfone groups is 1. The molecule has 1 aromatic rings.